The third-order valence-electron chi connectivity index (χ3n) is 3.81. The van der Waals surface area contributed by atoms with E-state index >= 15 is 0 Å². The first-order valence-electron chi connectivity index (χ1n) is 7.48. The molecule has 0 unspecified atom stereocenters. The van der Waals surface area contributed by atoms with Gasteiger partial charge in [-0.1, -0.05) is 50.1 Å². The van der Waals surface area contributed by atoms with Crippen LogP contribution in [0.2, 0.25) is 0 Å². The lowest BCUT2D eigenvalue weighted by atomic mass is 10.0. The summed E-state index contributed by atoms with van der Waals surface area (Å²) in [7, 11) is 6.17. The van der Waals surface area contributed by atoms with E-state index in [1.807, 2.05) is 6.08 Å². The van der Waals surface area contributed by atoms with Crippen LogP contribution in [0.1, 0.15) is 11.1 Å². The predicted molar refractivity (Wildman–Crippen MR) is 109 cm³/mol. The molecule has 122 valence electrons. The van der Waals surface area contributed by atoms with Crippen molar-refractivity contribution in [1.29, 1.82) is 0 Å². The summed E-state index contributed by atoms with van der Waals surface area (Å²) in [4.78, 5) is 4.28. The van der Waals surface area contributed by atoms with Crippen molar-refractivity contribution < 1.29 is 0 Å². The SMILES string of the molecule is C=CCN(C)c1ccc(Cc2ccc(N(C)C)cc2Br)c(Br)c1. The van der Waals surface area contributed by atoms with Crippen molar-refractivity contribution >= 4 is 43.2 Å². The standard InChI is InChI=1S/C19H22Br2N2/c1-5-10-23(4)17-9-7-15(19(21)13-17)11-14-6-8-16(22(2)3)12-18(14)20/h5-9,12-13H,1,10-11H2,2-4H3. The van der Waals surface area contributed by atoms with E-state index in [1.165, 1.54) is 22.5 Å². The summed E-state index contributed by atoms with van der Waals surface area (Å²) >= 11 is 7.40. The number of halogens is 2. The van der Waals surface area contributed by atoms with E-state index in [2.05, 4.69) is 106 Å². The largest absolute Gasteiger partial charge is 0.378 e. The molecule has 0 fully saturated rings. The fourth-order valence-electron chi connectivity index (χ4n) is 2.38. The Kier molecular flexibility index (Phi) is 6.31. The number of benzene rings is 2. The molecule has 2 aromatic carbocycles. The monoisotopic (exact) mass is 436 g/mol. The van der Waals surface area contributed by atoms with E-state index < -0.39 is 0 Å². The van der Waals surface area contributed by atoms with Gasteiger partial charge in [0, 0.05) is 48.0 Å². The predicted octanol–water partition coefficient (Wildman–Crippen LogP) is 5.49. The topological polar surface area (TPSA) is 6.48 Å². The van der Waals surface area contributed by atoms with Gasteiger partial charge in [0.2, 0.25) is 0 Å². The van der Waals surface area contributed by atoms with Crippen LogP contribution in [0, 0.1) is 0 Å². The average molecular weight is 438 g/mol. The molecule has 0 saturated heterocycles. The summed E-state index contributed by atoms with van der Waals surface area (Å²) in [6.45, 7) is 4.63. The van der Waals surface area contributed by atoms with Crippen LogP contribution in [0.3, 0.4) is 0 Å². The summed E-state index contributed by atoms with van der Waals surface area (Å²) in [6.07, 6.45) is 2.80. The Morgan fingerprint density at radius 3 is 1.91 bits per heavy atom. The molecule has 0 aliphatic rings. The molecule has 23 heavy (non-hydrogen) atoms. The normalized spacial score (nSPS) is 10.5. The Labute approximate surface area is 156 Å². The average Bonchev–Trinajstić information content (AvgIpc) is 2.51. The van der Waals surface area contributed by atoms with Crippen molar-refractivity contribution in [2.75, 3.05) is 37.5 Å². The number of rotatable bonds is 6. The summed E-state index contributed by atoms with van der Waals surface area (Å²) in [5.41, 5.74) is 4.94. The fourth-order valence-corrected chi connectivity index (χ4v) is 3.39. The zero-order valence-electron chi connectivity index (χ0n) is 13.8. The van der Waals surface area contributed by atoms with E-state index in [4.69, 9.17) is 0 Å². The maximum Gasteiger partial charge on any atom is 0.0377 e. The zero-order valence-corrected chi connectivity index (χ0v) is 17.0. The minimum Gasteiger partial charge on any atom is -0.378 e. The molecule has 0 atom stereocenters. The second-order valence-electron chi connectivity index (χ2n) is 5.79. The van der Waals surface area contributed by atoms with Gasteiger partial charge < -0.3 is 9.80 Å². The van der Waals surface area contributed by atoms with Gasteiger partial charge in [0.15, 0.2) is 0 Å². The maximum atomic E-state index is 3.79. The van der Waals surface area contributed by atoms with Crippen LogP contribution in [0.5, 0.6) is 0 Å². The van der Waals surface area contributed by atoms with Crippen LogP contribution >= 0.6 is 31.9 Å². The van der Waals surface area contributed by atoms with Crippen LogP contribution in [-0.2, 0) is 6.42 Å². The van der Waals surface area contributed by atoms with E-state index in [9.17, 15) is 0 Å². The fraction of sp³-hybridized carbons (Fsp3) is 0.263. The highest BCUT2D eigenvalue weighted by molar-refractivity contribution is 9.10. The summed E-state index contributed by atoms with van der Waals surface area (Å²) in [6, 6.07) is 13.0. The second-order valence-corrected chi connectivity index (χ2v) is 7.50. The molecule has 2 nitrogen and oxygen atoms in total. The zero-order chi connectivity index (χ0) is 17.0. The van der Waals surface area contributed by atoms with Crippen molar-refractivity contribution in [3.8, 4) is 0 Å². The molecule has 0 bridgehead atoms. The highest BCUT2D eigenvalue weighted by Gasteiger charge is 2.08. The van der Waals surface area contributed by atoms with Gasteiger partial charge >= 0.3 is 0 Å². The molecule has 4 heteroatoms. The Balaban J connectivity index is 2.22. The van der Waals surface area contributed by atoms with Crippen LogP contribution in [-0.4, -0.2) is 27.7 Å². The Hall–Kier alpha value is -1.26. The maximum absolute atomic E-state index is 3.79. The minimum atomic E-state index is 0.837. The number of hydrogen-bond donors (Lipinski definition) is 0. The van der Waals surface area contributed by atoms with Gasteiger partial charge in [-0.3, -0.25) is 0 Å². The first-order chi connectivity index (χ1) is 10.9. The molecule has 0 amide bonds. The molecular weight excluding hydrogens is 416 g/mol. The minimum absolute atomic E-state index is 0.837. The molecule has 0 heterocycles. The van der Waals surface area contributed by atoms with Crippen molar-refractivity contribution in [2.45, 2.75) is 6.42 Å². The third-order valence-corrected chi connectivity index (χ3v) is 5.29. The number of nitrogens with zero attached hydrogens (tertiary/aromatic N) is 2. The van der Waals surface area contributed by atoms with E-state index in [-0.39, 0.29) is 0 Å². The van der Waals surface area contributed by atoms with E-state index in [0.717, 1.165) is 21.9 Å². The second kappa shape index (κ2) is 8.02. The van der Waals surface area contributed by atoms with Gasteiger partial charge in [0.05, 0.1) is 0 Å². The molecule has 0 saturated carbocycles. The van der Waals surface area contributed by atoms with Crippen LogP contribution in [0.4, 0.5) is 11.4 Å². The Bertz CT molecular complexity index is 696. The molecule has 0 aromatic heterocycles. The van der Waals surface area contributed by atoms with Crippen LogP contribution in [0.15, 0.2) is 58.0 Å². The summed E-state index contributed by atoms with van der Waals surface area (Å²) < 4.78 is 2.28. The molecule has 0 radical (unpaired) electrons. The first kappa shape index (κ1) is 18.1. The number of likely N-dealkylation sites (N-methyl/N-ethyl adjacent to an activating group) is 1. The quantitative estimate of drug-likeness (QED) is 0.551. The van der Waals surface area contributed by atoms with Gasteiger partial charge in [-0.15, -0.1) is 6.58 Å². The molecule has 2 aromatic rings. The Morgan fingerprint density at radius 1 is 0.913 bits per heavy atom. The van der Waals surface area contributed by atoms with Crippen molar-refractivity contribution in [3.05, 3.63) is 69.1 Å². The lowest BCUT2D eigenvalue weighted by molar-refractivity contribution is 1.03. The van der Waals surface area contributed by atoms with Crippen molar-refractivity contribution in [1.82, 2.24) is 0 Å². The van der Waals surface area contributed by atoms with Crippen molar-refractivity contribution in [2.24, 2.45) is 0 Å². The van der Waals surface area contributed by atoms with Gasteiger partial charge in [0.1, 0.15) is 0 Å². The van der Waals surface area contributed by atoms with E-state index in [1.54, 1.807) is 0 Å². The lowest BCUT2D eigenvalue weighted by Gasteiger charge is -2.19. The van der Waals surface area contributed by atoms with Gasteiger partial charge in [-0.25, -0.2) is 0 Å². The van der Waals surface area contributed by atoms with E-state index in [0.29, 0.717) is 0 Å². The highest BCUT2D eigenvalue weighted by Crippen LogP contribution is 2.29. The highest BCUT2D eigenvalue weighted by atomic mass is 79.9. The van der Waals surface area contributed by atoms with Gasteiger partial charge in [0.25, 0.3) is 0 Å². The molecule has 0 aliphatic heterocycles. The molecule has 0 aliphatic carbocycles. The first-order valence-corrected chi connectivity index (χ1v) is 9.07. The van der Waals surface area contributed by atoms with Crippen LogP contribution < -0.4 is 9.80 Å². The van der Waals surface area contributed by atoms with Gasteiger partial charge in [-0.05, 0) is 41.8 Å². The molecular formula is C19H22Br2N2. The number of anilines is 2. The third kappa shape index (κ3) is 4.61. The molecule has 0 N–H and O–H groups in total. The summed E-state index contributed by atoms with van der Waals surface area (Å²) in [5.74, 6) is 0. The van der Waals surface area contributed by atoms with Crippen molar-refractivity contribution in [3.63, 3.8) is 0 Å². The molecule has 0 spiro atoms. The lowest BCUT2D eigenvalue weighted by Crippen LogP contribution is -2.16. The summed E-state index contributed by atoms with van der Waals surface area (Å²) in [5, 5.41) is 0. The van der Waals surface area contributed by atoms with Crippen LogP contribution in [0.25, 0.3) is 0 Å². The van der Waals surface area contributed by atoms with Gasteiger partial charge in [-0.2, -0.15) is 0 Å². The Morgan fingerprint density at radius 2 is 1.43 bits per heavy atom. The molecule has 2 rings (SSSR count). The number of hydrogen-bond acceptors (Lipinski definition) is 2. The smallest absolute Gasteiger partial charge is 0.0377 e.